The number of nitrogens with two attached hydrogens (primary N) is 1. The van der Waals surface area contributed by atoms with Crippen LogP contribution in [0.3, 0.4) is 0 Å². The minimum atomic E-state index is -0.463. The first-order valence-electron chi connectivity index (χ1n) is 13.3. The van der Waals surface area contributed by atoms with Crippen molar-refractivity contribution in [1.29, 1.82) is 0 Å². The molecular formula is C28H34N6O3. The van der Waals surface area contributed by atoms with Gasteiger partial charge in [0.1, 0.15) is 0 Å². The van der Waals surface area contributed by atoms with Crippen molar-refractivity contribution in [3.8, 4) is 0 Å². The molecule has 0 aliphatic carbocycles. The van der Waals surface area contributed by atoms with Crippen LogP contribution in [0.25, 0.3) is 21.8 Å². The summed E-state index contributed by atoms with van der Waals surface area (Å²) in [6.07, 6.45) is 4.55. The third kappa shape index (κ3) is 3.88. The van der Waals surface area contributed by atoms with Gasteiger partial charge in [0.05, 0.1) is 16.5 Å². The molecule has 6 rings (SSSR count). The molecule has 0 radical (unpaired) electrons. The first-order valence-corrected chi connectivity index (χ1v) is 13.3. The number of aromatic amines is 1. The monoisotopic (exact) mass is 502 g/mol. The predicted molar refractivity (Wildman–Crippen MR) is 144 cm³/mol. The molecule has 0 bridgehead atoms. The quantitative estimate of drug-likeness (QED) is 0.440. The summed E-state index contributed by atoms with van der Waals surface area (Å²) in [6, 6.07) is 10.3. The Labute approximate surface area is 215 Å². The zero-order valence-electron chi connectivity index (χ0n) is 21.2. The molecule has 2 aromatic carbocycles. The van der Waals surface area contributed by atoms with Crippen LogP contribution < -0.4 is 21.3 Å². The highest BCUT2D eigenvalue weighted by molar-refractivity contribution is 6.19. The number of likely N-dealkylation sites (tertiary alicyclic amines) is 1. The lowest BCUT2D eigenvalue weighted by molar-refractivity contribution is -0.128. The number of primary amides is 1. The largest absolute Gasteiger partial charge is 0.370 e. The molecule has 37 heavy (non-hydrogen) atoms. The normalized spacial score (nSPS) is 22.7. The maximum Gasteiger partial charge on any atom is 0.317 e. The van der Waals surface area contributed by atoms with Crippen LogP contribution >= 0.6 is 0 Å². The first-order chi connectivity index (χ1) is 17.9. The highest BCUT2D eigenvalue weighted by atomic mass is 16.2. The van der Waals surface area contributed by atoms with Crippen LogP contribution in [0, 0.1) is 5.41 Å². The predicted octanol–water partition coefficient (Wildman–Crippen LogP) is 3.05. The number of nitrogens with zero attached hydrogens (tertiary/aromatic N) is 2. The van der Waals surface area contributed by atoms with Gasteiger partial charge in [0.15, 0.2) is 0 Å². The highest BCUT2D eigenvalue weighted by Gasteiger charge is 2.45. The number of hydrogen-bond acceptors (Lipinski definition) is 4. The van der Waals surface area contributed by atoms with Gasteiger partial charge >= 0.3 is 6.03 Å². The topological polar surface area (TPSA) is 124 Å². The molecule has 194 valence electrons. The maximum absolute atomic E-state index is 12.7. The van der Waals surface area contributed by atoms with E-state index in [1.165, 1.54) is 5.56 Å². The number of fused-ring (bicyclic) bond motifs is 3. The second-order valence-corrected chi connectivity index (χ2v) is 10.8. The van der Waals surface area contributed by atoms with Gasteiger partial charge in [-0.05, 0) is 61.8 Å². The van der Waals surface area contributed by atoms with E-state index in [1.54, 1.807) is 13.1 Å². The van der Waals surface area contributed by atoms with E-state index in [2.05, 4.69) is 38.7 Å². The van der Waals surface area contributed by atoms with E-state index in [1.807, 2.05) is 11.0 Å². The Morgan fingerprint density at radius 2 is 1.92 bits per heavy atom. The van der Waals surface area contributed by atoms with Gasteiger partial charge in [-0.25, -0.2) is 4.79 Å². The molecule has 4 heterocycles. The van der Waals surface area contributed by atoms with Gasteiger partial charge in [-0.15, -0.1) is 0 Å². The number of carbonyl (C=O) groups excluding carboxylic acids is 3. The number of hydrogen-bond donors (Lipinski definition) is 4. The molecule has 9 nitrogen and oxygen atoms in total. The van der Waals surface area contributed by atoms with Crippen LogP contribution in [-0.2, 0) is 4.79 Å². The number of piperidine rings is 2. The SMILES string of the molecule is CNC(=O)N1CCC(c2ccc3c(c2)[nH]c2c(C(N)=O)ccc(N4CCCC5(CCNC5=O)C4)c23)CC1. The van der Waals surface area contributed by atoms with Crippen molar-refractivity contribution in [2.75, 3.05) is 44.7 Å². The lowest BCUT2D eigenvalue weighted by Crippen LogP contribution is -2.47. The molecular weight excluding hydrogens is 468 g/mol. The zero-order chi connectivity index (χ0) is 25.7. The van der Waals surface area contributed by atoms with Crippen molar-refractivity contribution in [1.82, 2.24) is 20.5 Å². The maximum atomic E-state index is 12.7. The molecule has 3 saturated heterocycles. The molecule has 4 amide bonds. The molecule has 3 aliphatic heterocycles. The smallest absolute Gasteiger partial charge is 0.317 e. The Kier molecular flexibility index (Phi) is 5.73. The van der Waals surface area contributed by atoms with Crippen LogP contribution in [-0.4, -0.2) is 67.5 Å². The standard InChI is InChI=1S/C28H34N6O3/c1-30-27(37)33-13-7-17(8-14-33)18-3-4-19-21(15-18)32-24-20(25(29)35)5-6-22(23(19)24)34-12-2-9-28(16-34)10-11-31-26(28)36/h3-6,15,17,32H,2,7-14,16H2,1H3,(H2,29,35)(H,30,37)(H,31,36). The van der Waals surface area contributed by atoms with Gasteiger partial charge in [0.25, 0.3) is 5.91 Å². The number of urea groups is 1. The van der Waals surface area contributed by atoms with Crippen LogP contribution in [0.4, 0.5) is 10.5 Å². The van der Waals surface area contributed by atoms with E-state index < -0.39 is 5.91 Å². The average Bonchev–Trinajstić information content (AvgIpc) is 3.47. The minimum Gasteiger partial charge on any atom is -0.370 e. The van der Waals surface area contributed by atoms with Crippen LogP contribution in [0.2, 0.25) is 0 Å². The van der Waals surface area contributed by atoms with Crippen molar-refractivity contribution >= 4 is 45.3 Å². The van der Waals surface area contributed by atoms with Gasteiger partial charge < -0.3 is 31.2 Å². The number of aromatic nitrogens is 1. The molecule has 1 atom stereocenters. The molecule has 1 spiro atoms. The van der Waals surface area contributed by atoms with Crippen molar-refractivity contribution < 1.29 is 14.4 Å². The Morgan fingerprint density at radius 1 is 1.11 bits per heavy atom. The molecule has 3 fully saturated rings. The minimum absolute atomic E-state index is 0.0226. The number of benzene rings is 2. The molecule has 3 aliphatic rings. The fraction of sp³-hybridized carbons (Fsp3) is 0.464. The molecule has 0 saturated carbocycles. The Bertz CT molecular complexity index is 1410. The van der Waals surface area contributed by atoms with E-state index in [4.69, 9.17) is 5.73 Å². The fourth-order valence-corrected chi connectivity index (χ4v) is 6.75. The summed E-state index contributed by atoms with van der Waals surface area (Å²) in [6.45, 7) is 3.75. The van der Waals surface area contributed by atoms with E-state index in [0.29, 0.717) is 18.0 Å². The van der Waals surface area contributed by atoms with Gasteiger partial charge in [-0.3, -0.25) is 9.59 Å². The summed E-state index contributed by atoms with van der Waals surface area (Å²) >= 11 is 0. The van der Waals surface area contributed by atoms with E-state index in [9.17, 15) is 14.4 Å². The van der Waals surface area contributed by atoms with Crippen molar-refractivity contribution in [3.05, 3.63) is 41.5 Å². The third-order valence-electron chi connectivity index (χ3n) is 8.78. The lowest BCUT2D eigenvalue weighted by Gasteiger charge is -2.40. The highest BCUT2D eigenvalue weighted by Crippen LogP contribution is 2.43. The van der Waals surface area contributed by atoms with Crippen molar-refractivity contribution in [2.24, 2.45) is 11.1 Å². The number of rotatable bonds is 3. The second kappa shape index (κ2) is 8.97. The molecule has 5 N–H and O–H groups in total. The van der Waals surface area contributed by atoms with E-state index in [0.717, 1.165) is 85.8 Å². The molecule has 3 aromatic rings. The zero-order valence-corrected chi connectivity index (χ0v) is 21.2. The summed E-state index contributed by atoms with van der Waals surface area (Å²) in [4.78, 5) is 44.7. The Hall–Kier alpha value is -3.75. The van der Waals surface area contributed by atoms with Gasteiger partial charge in [-0.1, -0.05) is 12.1 Å². The fourth-order valence-electron chi connectivity index (χ4n) is 6.75. The van der Waals surface area contributed by atoms with Crippen LogP contribution in [0.5, 0.6) is 0 Å². The summed E-state index contributed by atoms with van der Waals surface area (Å²) in [5.41, 5.74) is 9.91. The number of H-pyrrole nitrogens is 1. The van der Waals surface area contributed by atoms with Crippen LogP contribution in [0.15, 0.2) is 30.3 Å². The van der Waals surface area contributed by atoms with Gasteiger partial charge in [0, 0.05) is 61.7 Å². The molecule has 1 aromatic heterocycles. The number of nitrogens with one attached hydrogen (secondary N) is 3. The van der Waals surface area contributed by atoms with Gasteiger partial charge in [0.2, 0.25) is 5.91 Å². The van der Waals surface area contributed by atoms with Crippen LogP contribution in [0.1, 0.15) is 53.9 Å². The first kappa shape index (κ1) is 23.6. The third-order valence-corrected chi connectivity index (χ3v) is 8.78. The number of amides is 4. The molecule has 1 unspecified atom stereocenters. The van der Waals surface area contributed by atoms with Crippen molar-refractivity contribution in [2.45, 2.75) is 38.0 Å². The van der Waals surface area contributed by atoms with Crippen molar-refractivity contribution in [3.63, 3.8) is 0 Å². The summed E-state index contributed by atoms with van der Waals surface area (Å²) < 4.78 is 0. The van der Waals surface area contributed by atoms with E-state index >= 15 is 0 Å². The van der Waals surface area contributed by atoms with Gasteiger partial charge in [-0.2, -0.15) is 0 Å². The summed E-state index contributed by atoms with van der Waals surface area (Å²) in [5, 5.41) is 7.78. The van der Waals surface area contributed by atoms with E-state index in [-0.39, 0.29) is 17.4 Å². The summed E-state index contributed by atoms with van der Waals surface area (Å²) in [7, 11) is 1.67. The lowest BCUT2D eigenvalue weighted by atomic mass is 9.78. The Balaban J connectivity index is 1.39. The number of carbonyl (C=O) groups is 3. The second-order valence-electron chi connectivity index (χ2n) is 10.8. The Morgan fingerprint density at radius 3 is 2.62 bits per heavy atom. The average molecular weight is 503 g/mol. The number of anilines is 1. The molecule has 9 heteroatoms. The summed E-state index contributed by atoms with van der Waals surface area (Å²) in [5.74, 6) is 0.0676.